The van der Waals surface area contributed by atoms with Gasteiger partial charge in [0.25, 0.3) is 0 Å². The Bertz CT molecular complexity index is 624. The Kier molecular flexibility index (Phi) is 5.27. The average molecular weight is 310 g/mol. The van der Waals surface area contributed by atoms with Gasteiger partial charge in [-0.15, -0.1) is 0 Å². The van der Waals surface area contributed by atoms with Crippen LogP contribution in [0.1, 0.15) is 21.7 Å². The number of hydrogen-bond donors (Lipinski definition) is 0. The number of furan rings is 1. The third-order valence-corrected chi connectivity index (χ3v) is 3.91. The van der Waals surface area contributed by atoms with Gasteiger partial charge in [-0.05, 0) is 24.3 Å². The maximum absolute atomic E-state index is 13.3. The minimum absolute atomic E-state index is 0.205. The SMILES string of the molecule is COC(=O)c1occc1CSCc1cc(F)ccc1OC. The highest BCUT2D eigenvalue weighted by atomic mass is 32.2. The number of hydrogen-bond acceptors (Lipinski definition) is 5. The van der Waals surface area contributed by atoms with Crippen molar-refractivity contribution in [2.75, 3.05) is 14.2 Å². The molecule has 1 aromatic carbocycles. The first kappa shape index (κ1) is 15.4. The second-order valence-electron chi connectivity index (χ2n) is 4.22. The molecule has 6 heteroatoms. The molecule has 0 saturated carbocycles. The van der Waals surface area contributed by atoms with Crippen molar-refractivity contribution in [2.24, 2.45) is 0 Å². The monoisotopic (exact) mass is 310 g/mol. The van der Waals surface area contributed by atoms with E-state index in [9.17, 15) is 9.18 Å². The van der Waals surface area contributed by atoms with Crippen molar-refractivity contribution in [3.63, 3.8) is 0 Å². The summed E-state index contributed by atoms with van der Waals surface area (Å²) in [6, 6.07) is 6.13. The zero-order chi connectivity index (χ0) is 15.2. The lowest BCUT2D eigenvalue weighted by molar-refractivity contribution is 0.0564. The van der Waals surface area contributed by atoms with Crippen molar-refractivity contribution in [2.45, 2.75) is 11.5 Å². The van der Waals surface area contributed by atoms with Crippen LogP contribution in [-0.2, 0) is 16.2 Å². The summed E-state index contributed by atoms with van der Waals surface area (Å²) < 4.78 is 28.2. The van der Waals surface area contributed by atoms with E-state index in [1.807, 2.05) is 0 Å². The minimum Gasteiger partial charge on any atom is -0.496 e. The minimum atomic E-state index is -0.501. The van der Waals surface area contributed by atoms with Crippen molar-refractivity contribution >= 4 is 17.7 Å². The molecule has 0 atom stereocenters. The highest BCUT2D eigenvalue weighted by Gasteiger charge is 2.15. The topological polar surface area (TPSA) is 48.7 Å². The first-order valence-electron chi connectivity index (χ1n) is 6.20. The Balaban J connectivity index is 2.00. The van der Waals surface area contributed by atoms with Crippen LogP contribution < -0.4 is 4.74 Å². The second kappa shape index (κ2) is 7.17. The first-order valence-corrected chi connectivity index (χ1v) is 7.36. The number of rotatable bonds is 6. The quantitative estimate of drug-likeness (QED) is 0.762. The van der Waals surface area contributed by atoms with Crippen LogP contribution in [0.2, 0.25) is 0 Å². The standard InChI is InChI=1S/C15H15FO4S/c1-18-13-4-3-12(16)7-11(13)9-21-8-10-5-6-20-14(10)15(17)19-2/h3-7H,8-9H2,1-2H3. The second-order valence-corrected chi connectivity index (χ2v) is 5.20. The zero-order valence-corrected chi connectivity index (χ0v) is 12.5. The number of ether oxygens (including phenoxy) is 2. The number of methoxy groups -OCH3 is 2. The summed E-state index contributed by atoms with van der Waals surface area (Å²) in [7, 11) is 2.85. The molecule has 0 aliphatic rings. The number of carbonyl (C=O) groups excluding carboxylic acids is 1. The van der Waals surface area contributed by atoms with Gasteiger partial charge in [0.1, 0.15) is 11.6 Å². The molecule has 2 rings (SSSR count). The normalized spacial score (nSPS) is 10.4. The molecule has 0 bridgehead atoms. The Labute approximate surface area is 126 Å². The smallest absolute Gasteiger partial charge is 0.374 e. The van der Waals surface area contributed by atoms with E-state index in [1.54, 1.807) is 19.2 Å². The van der Waals surface area contributed by atoms with Gasteiger partial charge in [-0.2, -0.15) is 11.8 Å². The van der Waals surface area contributed by atoms with Gasteiger partial charge < -0.3 is 13.9 Å². The molecule has 1 aromatic heterocycles. The molecular weight excluding hydrogens is 295 g/mol. The molecule has 21 heavy (non-hydrogen) atoms. The molecule has 0 spiro atoms. The maximum Gasteiger partial charge on any atom is 0.374 e. The van der Waals surface area contributed by atoms with Crippen molar-refractivity contribution in [1.29, 1.82) is 0 Å². The molecule has 0 unspecified atom stereocenters. The van der Waals surface area contributed by atoms with Crippen LogP contribution in [0.25, 0.3) is 0 Å². The molecule has 0 aliphatic heterocycles. The third-order valence-electron chi connectivity index (χ3n) is 2.88. The van der Waals surface area contributed by atoms with E-state index in [2.05, 4.69) is 4.74 Å². The van der Waals surface area contributed by atoms with Crippen LogP contribution >= 0.6 is 11.8 Å². The summed E-state index contributed by atoms with van der Waals surface area (Å²) in [4.78, 5) is 11.5. The van der Waals surface area contributed by atoms with Crippen LogP contribution in [0.15, 0.2) is 34.9 Å². The fourth-order valence-electron chi connectivity index (χ4n) is 1.85. The lowest BCUT2D eigenvalue weighted by Gasteiger charge is -2.08. The summed E-state index contributed by atoms with van der Waals surface area (Å²) in [5.41, 5.74) is 1.52. The lowest BCUT2D eigenvalue weighted by Crippen LogP contribution is -2.02. The van der Waals surface area contributed by atoms with Crippen LogP contribution in [-0.4, -0.2) is 20.2 Å². The van der Waals surface area contributed by atoms with E-state index in [0.29, 0.717) is 17.3 Å². The van der Waals surface area contributed by atoms with Crippen LogP contribution in [0.4, 0.5) is 4.39 Å². The Morgan fingerprint density at radius 3 is 2.71 bits per heavy atom. The van der Waals surface area contributed by atoms with E-state index in [-0.39, 0.29) is 11.6 Å². The largest absolute Gasteiger partial charge is 0.496 e. The molecule has 2 aromatic rings. The first-order chi connectivity index (χ1) is 10.2. The summed E-state index contributed by atoms with van der Waals surface area (Å²) in [5, 5.41) is 0. The van der Waals surface area contributed by atoms with E-state index in [0.717, 1.165) is 11.1 Å². The number of thioether (sulfide) groups is 1. The highest BCUT2D eigenvalue weighted by molar-refractivity contribution is 7.97. The molecule has 1 heterocycles. The summed E-state index contributed by atoms with van der Waals surface area (Å²) in [5.74, 6) is 1.16. The van der Waals surface area contributed by atoms with Gasteiger partial charge in [-0.25, -0.2) is 9.18 Å². The van der Waals surface area contributed by atoms with E-state index < -0.39 is 5.97 Å². The van der Waals surface area contributed by atoms with Gasteiger partial charge in [0.15, 0.2) is 0 Å². The molecule has 0 N–H and O–H groups in total. The molecule has 0 fully saturated rings. The Morgan fingerprint density at radius 1 is 1.24 bits per heavy atom. The van der Waals surface area contributed by atoms with Gasteiger partial charge in [0.2, 0.25) is 5.76 Å². The van der Waals surface area contributed by atoms with Crippen LogP contribution in [0, 0.1) is 5.82 Å². The van der Waals surface area contributed by atoms with Crippen molar-refractivity contribution < 1.29 is 23.1 Å². The van der Waals surface area contributed by atoms with Crippen LogP contribution in [0.3, 0.4) is 0 Å². The number of esters is 1. The molecule has 4 nitrogen and oxygen atoms in total. The number of benzene rings is 1. The molecule has 0 radical (unpaired) electrons. The lowest BCUT2D eigenvalue weighted by atomic mass is 10.2. The third kappa shape index (κ3) is 3.78. The van der Waals surface area contributed by atoms with Gasteiger partial charge in [-0.3, -0.25) is 0 Å². The number of carbonyl (C=O) groups is 1. The van der Waals surface area contributed by atoms with Gasteiger partial charge in [-0.1, -0.05) is 0 Å². The predicted octanol–water partition coefficient (Wildman–Crippen LogP) is 3.65. The van der Waals surface area contributed by atoms with Gasteiger partial charge >= 0.3 is 5.97 Å². The molecule has 0 aliphatic carbocycles. The van der Waals surface area contributed by atoms with E-state index in [4.69, 9.17) is 9.15 Å². The van der Waals surface area contributed by atoms with Crippen molar-refractivity contribution in [3.8, 4) is 5.75 Å². The Morgan fingerprint density at radius 2 is 2.00 bits per heavy atom. The fraction of sp³-hybridized carbons (Fsp3) is 0.267. The van der Waals surface area contributed by atoms with E-state index >= 15 is 0 Å². The van der Waals surface area contributed by atoms with E-state index in [1.165, 1.54) is 37.3 Å². The predicted molar refractivity (Wildman–Crippen MR) is 78.0 cm³/mol. The van der Waals surface area contributed by atoms with Crippen molar-refractivity contribution in [1.82, 2.24) is 0 Å². The van der Waals surface area contributed by atoms with Gasteiger partial charge in [0.05, 0.1) is 20.5 Å². The molecule has 112 valence electrons. The molecule has 0 amide bonds. The fourth-order valence-corrected chi connectivity index (χ4v) is 2.85. The maximum atomic E-state index is 13.3. The summed E-state index contributed by atoms with van der Waals surface area (Å²) in [6.07, 6.45) is 1.45. The molecular formula is C15H15FO4S. The van der Waals surface area contributed by atoms with Crippen LogP contribution in [0.5, 0.6) is 5.75 Å². The molecule has 0 saturated heterocycles. The zero-order valence-electron chi connectivity index (χ0n) is 11.7. The Hall–Kier alpha value is -1.95. The highest BCUT2D eigenvalue weighted by Crippen LogP contribution is 2.27. The van der Waals surface area contributed by atoms with Crippen molar-refractivity contribution in [3.05, 3.63) is 53.2 Å². The summed E-state index contributed by atoms with van der Waals surface area (Å²) in [6.45, 7) is 0. The number of halogens is 1. The van der Waals surface area contributed by atoms with Gasteiger partial charge in [0, 0.05) is 22.6 Å². The summed E-state index contributed by atoms with van der Waals surface area (Å²) >= 11 is 1.53. The average Bonchev–Trinajstić information content (AvgIpc) is 2.95.